The Morgan fingerprint density at radius 2 is 1.74 bits per heavy atom. The van der Waals surface area contributed by atoms with E-state index in [0.717, 1.165) is 16.5 Å². The average Bonchev–Trinajstić information content (AvgIpc) is 2.59. The van der Waals surface area contributed by atoms with Crippen molar-refractivity contribution >= 4 is 22.8 Å². The Morgan fingerprint density at radius 1 is 1.04 bits per heavy atom. The summed E-state index contributed by atoms with van der Waals surface area (Å²) >= 11 is 0. The molecule has 1 amide bonds. The van der Waals surface area contributed by atoms with Gasteiger partial charge in [0.1, 0.15) is 11.3 Å². The van der Waals surface area contributed by atoms with Crippen molar-refractivity contribution in [2.24, 2.45) is 10.4 Å². The third-order valence-electron chi connectivity index (χ3n) is 4.09. The number of amides is 1. The van der Waals surface area contributed by atoms with Crippen LogP contribution in [0.3, 0.4) is 0 Å². The largest absolute Gasteiger partial charge is 0.439 e. The Morgan fingerprint density at radius 3 is 2.41 bits per heavy atom. The third-order valence-corrected chi connectivity index (χ3v) is 4.09. The summed E-state index contributed by atoms with van der Waals surface area (Å²) in [6.07, 6.45) is -0.724. The maximum atomic E-state index is 12.4. The van der Waals surface area contributed by atoms with Crippen molar-refractivity contribution in [3.63, 3.8) is 0 Å². The number of nitrogens with zero attached hydrogens (tertiary/aromatic N) is 1. The summed E-state index contributed by atoms with van der Waals surface area (Å²) in [5.74, 6) is 0.270. The van der Waals surface area contributed by atoms with Gasteiger partial charge in [-0.1, -0.05) is 51.1 Å². The number of fused-ring (bicyclic) bond motifs is 1. The van der Waals surface area contributed by atoms with Crippen LogP contribution in [-0.2, 0) is 0 Å². The predicted octanol–water partition coefficient (Wildman–Crippen LogP) is 5.14. The molecular formula is C22H21NO4. The Labute approximate surface area is 157 Å². The van der Waals surface area contributed by atoms with Gasteiger partial charge < -0.3 is 9.15 Å². The summed E-state index contributed by atoms with van der Waals surface area (Å²) in [6.45, 7) is 7.78. The van der Waals surface area contributed by atoms with E-state index in [1.165, 1.54) is 12.1 Å². The molecule has 27 heavy (non-hydrogen) atoms. The minimum absolute atomic E-state index is 0.270. The van der Waals surface area contributed by atoms with Crippen LogP contribution in [0.5, 0.6) is 5.75 Å². The SMILES string of the molecule is Cc1cc(=O)oc2cc(OC(=O)N=C(c3ccccc3)C(C)(C)C)ccc12. The first kappa shape index (κ1) is 18.6. The number of carbonyl (C=O) groups excluding carboxylic acids is 1. The van der Waals surface area contributed by atoms with Crippen molar-refractivity contribution in [1.29, 1.82) is 0 Å². The van der Waals surface area contributed by atoms with Gasteiger partial charge in [-0.25, -0.2) is 9.59 Å². The van der Waals surface area contributed by atoms with Gasteiger partial charge in [0.25, 0.3) is 0 Å². The molecule has 0 spiro atoms. The minimum Gasteiger partial charge on any atom is -0.423 e. The van der Waals surface area contributed by atoms with Crippen molar-refractivity contribution < 1.29 is 13.9 Å². The number of hydrogen-bond donors (Lipinski definition) is 0. The Hall–Kier alpha value is -3.21. The van der Waals surface area contributed by atoms with Crippen molar-refractivity contribution in [1.82, 2.24) is 0 Å². The van der Waals surface area contributed by atoms with Gasteiger partial charge in [0.05, 0.1) is 5.71 Å². The summed E-state index contributed by atoms with van der Waals surface area (Å²) in [5, 5.41) is 0.789. The fourth-order valence-electron chi connectivity index (χ4n) is 2.84. The second-order valence-electron chi connectivity index (χ2n) is 7.35. The standard InChI is InChI=1S/C22H21NO4/c1-14-12-19(24)27-18-13-16(10-11-17(14)18)26-21(25)23-20(22(2,3)4)15-8-6-5-7-9-15/h5-13H,1-4H3. The number of ether oxygens (including phenoxy) is 1. The van der Waals surface area contributed by atoms with Gasteiger partial charge in [0.15, 0.2) is 0 Å². The molecule has 3 aromatic rings. The van der Waals surface area contributed by atoms with Crippen molar-refractivity contribution in [3.05, 3.63) is 76.1 Å². The van der Waals surface area contributed by atoms with Crippen LogP contribution < -0.4 is 10.4 Å². The van der Waals surface area contributed by atoms with E-state index in [4.69, 9.17) is 9.15 Å². The molecule has 0 aliphatic rings. The average molecular weight is 363 g/mol. The summed E-state index contributed by atoms with van der Waals surface area (Å²) < 4.78 is 10.5. The molecule has 5 heteroatoms. The zero-order chi connectivity index (χ0) is 19.6. The van der Waals surface area contributed by atoms with Crippen molar-refractivity contribution in [2.75, 3.05) is 0 Å². The summed E-state index contributed by atoms with van der Waals surface area (Å²) in [5.41, 5.74) is 1.89. The molecule has 0 saturated carbocycles. The third kappa shape index (κ3) is 4.31. The molecule has 138 valence electrons. The maximum Gasteiger partial charge on any atom is 0.439 e. The molecule has 0 radical (unpaired) electrons. The first-order valence-corrected chi connectivity index (χ1v) is 8.65. The van der Waals surface area contributed by atoms with Gasteiger partial charge in [-0.3, -0.25) is 0 Å². The van der Waals surface area contributed by atoms with Crippen LogP contribution in [0.15, 0.2) is 68.8 Å². The van der Waals surface area contributed by atoms with E-state index in [0.29, 0.717) is 11.3 Å². The van der Waals surface area contributed by atoms with E-state index in [9.17, 15) is 9.59 Å². The van der Waals surface area contributed by atoms with Crippen LogP contribution in [0.1, 0.15) is 31.9 Å². The van der Waals surface area contributed by atoms with Crippen LogP contribution in [0.2, 0.25) is 0 Å². The second-order valence-corrected chi connectivity index (χ2v) is 7.35. The van der Waals surface area contributed by atoms with Crippen LogP contribution in [0.4, 0.5) is 4.79 Å². The topological polar surface area (TPSA) is 68.9 Å². The maximum absolute atomic E-state index is 12.4. The normalized spacial score (nSPS) is 12.2. The van der Waals surface area contributed by atoms with Crippen LogP contribution in [-0.4, -0.2) is 11.8 Å². The van der Waals surface area contributed by atoms with Gasteiger partial charge in [-0.15, -0.1) is 0 Å². The molecule has 0 atom stereocenters. The molecule has 1 heterocycles. The fraction of sp³-hybridized carbons (Fsp3) is 0.227. The summed E-state index contributed by atoms with van der Waals surface area (Å²) in [6, 6.07) is 15.9. The summed E-state index contributed by atoms with van der Waals surface area (Å²) in [4.78, 5) is 28.2. The molecule has 5 nitrogen and oxygen atoms in total. The fourth-order valence-corrected chi connectivity index (χ4v) is 2.84. The molecule has 0 N–H and O–H groups in total. The van der Waals surface area contributed by atoms with Gasteiger partial charge >= 0.3 is 11.7 Å². The Bertz CT molecular complexity index is 1070. The zero-order valence-corrected chi connectivity index (χ0v) is 15.8. The first-order valence-electron chi connectivity index (χ1n) is 8.65. The molecule has 0 aliphatic carbocycles. The number of aryl methyl sites for hydroxylation is 1. The van der Waals surface area contributed by atoms with E-state index >= 15 is 0 Å². The highest BCUT2D eigenvalue weighted by Crippen LogP contribution is 2.24. The molecule has 0 fully saturated rings. The number of carbonyl (C=O) groups is 1. The lowest BCUT2D eigenvalue weighted by molar-refractivity contribution is 0.211. The zero-order valence-electron chi connectivity index (χ0n) is 15.8. The van der Waals surface area contributed by atoms with Gasteiger partial charge in [-0.05, 0) is 30.2 Å². The van der Waals surface area contributed by atoms with Crippen LogP contribution in [0, 0.1) is 12.3 Å². The number of benzene rings is 2. The first-order chi connectivity index (χ1) is 12.7. The van der Waals surface area contributed by atoms with E-state index < -0.39 is 11.7 Å². The van der Waals surface area contributed by atoms with Crippen LogP contribution in [0.25, 0.3) is 11.0 Å². The molecule has 0 aliphatic heterocycles. The Balaban J connectivity index is 1.93. The number of rotatable bonds is 2. The number of aliphatic imine (C=N–C) groups is 1. The lowest BCUT2D eigenvalue weighted by Crippen LogP contribution is -2.23. The minimum atomic E-state index is -0.724. The lowest BCUT2D eigenvalue weighted by atomic mass is 9.85. The predicted molar refractivity (Wildman–Crippen MR) is 106 cm³/mol. The lowest BCUT2D eigenvalue weighted by Gasteiger charge is -2.21. The highest BCUT2D eigenvalue weighted by Gasteiger charge is 2.22. The molecule has 2 aromatic carbocycles. The van der Waals surface area contributed by atoms with Gasteiger partial charge in [0, 0.05) is 22.9 Å². The second kappa shape index (κ2) is 7.19. The highest BCUT2D eigenvalue weighted by molar-refractivity contribution is 6.08. The summed E-state index contributed by atoms with van der Waals surface area (Å²) in [7, 11) is 0. The van der Waals surface area contributed by atoms with Gasteiger partial charge in [-0.2, -0.15) is 4.99 Å². The Kier molecular flexibility index (Phi) is 4.95. The monoisotopic (exact) mass is 363 g/mol. The van der Waals surface area contributed by atoms with E-state index in [1.807, 2.05) is 58.0 Å². The van der Waals surface area contributed by atoms with Crippen LogP contribution >= 0.6 is 0 Å². The van der Waals surface area contributed by atoms with Crippen molar-refractivity contribution in [3.8, 4) is 5.75 Å². The van der Waals surface area contributed by atoms with E-state index in [2.05, 4.69) is 4.99 Å². The molecule has 0 bridgehead atoms. The smallest absolute Gasteiger partial charge is 0.423 e. The van der Waals surface area contributed by atoms with E-state index in [1.54, 1.807) is 12.1 Å². The van der Waals surface area contributed by atoms with E-state index in [-0.39, 0.29) is 11.2 Å². The van der Waals surface area contributed by atoms with Crippen molar-refractivity contribution in [2.45, 2.75) is 27.7 Å². The molecule has 1 aromatic heterocycles. The highest BCUT2D eigenvalue weighted by atomic mass is 16.5. The molecule has 0 unspecified atom stereocenters. The van der Waals surface area contributed by atoms with Gasteiger partial charge in [0.2, 0.25) is 0 Å². The number of hydrogen-bond acceptors (Lipinski definition) is 4. The molecular weight excluding hydrogens is 342 g/mol. The molecule has 3 rings (SSSR count). The molecule has 0 saturated heterocycles. The quantitative estimate of drug-likeness (QED) is 0.467.